The Balaban J connectivity index is 2.62. The molecule has 0 saturated carbocycles. The predicted octanol–water partition coefficient (Wildman–Crippen LogP) is 2.16. The summed E-state index contributed by atoms with van der Waals surface area (Å²) in [6.45, 7) is 4.08. The number of nitrogens with one attached hydrogen (secondary N) is 1. The molecular weight excluding hydrogens is 294 g/mol. The number of ether oxygens (including phenoxy) is 2. The van der Waals surface area contributed by atoms with Gasteiger partial charge in [0.05, 0.1) is 13.7 Å². The van der Waals surface area contributed by atoms with Crippen LogP contribution in [0, 0.1) is 0 Å². The van der Waals surface area contributed by atoms with E-state index in [0.717, 1.165) is 19.4 Å². The van der Waals surface area contributed by atoms with Gasteiger partial charge in [0.25, 0.3) is 11.9 Å². The van der Waals surface area contributed by atoms with Crippen LogP contribution >= 0.6 is 0 Å². The molecule has 0 fully saturated rings. The van der Waals surface area contributed by atoms with Crippen LogP contribution in [0.15, 0.2) is 29.3 Å². The van der Waals surface area contributed by atoms with Crippen LogP contribution in [0.1, 0.15) is 30.1 Å². The SMILES string of the molecule is CCCOC(=NCCCN(C)C)NC(=O)c1ccc(OC)cc1. The summed E-state index contributed by atoms with van der Waals surface area (Å²) in [6, 6.07) is 7.19. The number of hydrogen-bond acceptors (Lipinski definition) is 5. The molecule has 0 aliphatic heterocycles. The zero-order valence-corrected chi connectivity index (χ0v) is 14.5. The first kappa shape index (κ1) is 19.0. The summed E-state index contributed by atoms with van der Waals surface area (Å²) in [4.78, 5) is 18.7. The fourth-order valence-electron chi connectivity index (χ4n) is 1.80. The van der Waals surface area contributed by atoms with E-state index >= 15 is 0 Å². The monoisotopic (exact) mass is 321 g/mol. The van der Waals surface area contributed by atoms with E-state index in [1.165, 1.54) is 0 Å². The van der Waals surface area contributed by atoms with Crippen molar-refractivity contribution in [2.24, 2.45) is 4.99 Å². The minimum Gasteiger partial charge on any atom is -0.497 e. The average molecular weight is 321 g/mol. The lowest BCUT2D eigenvalue weighted by Gasteiger charge is -2.11. The van der Waals surface area contributed by atoms with Crippen LogP contribution in [-0.2, 0) is 4.74 Å². The van der Waals surface area contributed by atoms with E-state index in [9.17, 15) is 4.79 Å². The zero-order chi connectivity index (χ0) is 17.1. The number of benzene rings is 1. The highest BCUT2D eigenvalue weighted by Crippen LogP contribution is 2.11. The molecule has 0 aromatic heterocycles. The van der Waals surface area contributed by atoms with Crippen LogP contribution in [0.2, 0.25) is 0 Å². The maximum Gasteiger partial charge on any atom is 0.291 e. The van der Waals surface area contributed by atoms with Crippen LogP contribution < -0.4 is 10.1 Å². The second kappa shape index (κ2) is 10.6. The summed E-state index contributed by atoms with van der Waals surface area (Å²) in [5, 5.41) is 2.73. The molecule has 23 heavy (non-hydrogen) atoms. The van der Waals surface area contributed by atoms with Crippen LogP contribution in [0.25, 0.3) is 0 Å². The van der Waals surface area contributed by atoms with Gasteiger partial charge in [0.15, 0.2) is 0 Å². The van der Waals surface area contributed by atoms with Crippen molar-refractivity contribution < 1.29 is 14.3 Å². The van der Waals surface area contributed by atoms with Gasteiger partial charge >= 0.3 is 0 Å². The van der Waals surface area contributed by atoms with Crippen molar-refractivity contribution in [3.63, 3.8) is 0 Å². The fraction of sp³-hybridized carbons (Fsp3) is 0.529. The summed E-state index contributed by atoms with van der Waals surface area (Å²) in [5.74, 6) is 0.469. The molecule has 0 heterocycles. The average Bonchev–Trinajstić information content (AvgIpc) is 2.56. The van der Waals surface area contributed by atoms with Crippen molar-refractivity contribution in [2.75, 3.05) is 40.9 Å². The highest BCUT2D eigenvalue weighted by atomic mass is 16.5. The van der Waals surface area contributed by atoms with E-state index < -0.39 is 0 Å². The van der Waals surface area contributed by atoms with Gasteiger partial charge in [-0.3, -0.25) is 10.1 Å². The third-order valence-corrected chi connectivity index (χ3v) is 3.03. The Bertz CT molecular complexity index is 498. The third kappa shape index (κ3) is 7.65. The van der Waals surface area contributed by atoms with Gasteiger partial charge in [-0.15, -0.1) is 0 Å². The van der Waals surface area contributed by atoms with Gasteiger partial charge in [0.2, 0.25) is 0 Å². The van der Waals surface area contributed by atoms with Crippen LogP contribution in [0.5, 0.6) is 5.75 Å². The first-order chi connectivity index (χ1) is 11.1. The fourth-order valence-corrected chi connectivity index (χ4v) is 1.80. The number of rotatable bonds is 8. The molecule has 1 aromatic carbocycles. The van der Waals surface area contributed by atoms with Crippen molar-refractivity contribution in [1.29, 1.82) is 0 Å². The number of amides is 1. The minimum absolute atomic E-state index is 0.241. The Kier molecular flexibility index (Phi) is 8.75. The van der Waals surface area contributed by atoms with E-state index in [1.807, 2.05) is 21.0 Å². The predicted molar refractivity (Wildman–Crippen MR) is 92.2 cm³/mol. The Morgan fingerprint density at radius 2 is 1.96 bits per heavy atom. The molecule has 0 bridgehead atoms. The molecule has 6 heteroatoms. The van der Waals surface area contributed by atoms with E-state index in [4.69, 9.17) is 9.47 Å². The molecule has 1 N–H and O–H groups in total. The Labute approximate surface area is 138 Å². The number of amidine groups is 1. The maximum absolute atomic E-state index is 12.2. The van der Waals surface area contributed by atoms with Crippen LogP contribution in [0.4, 0.5) is 0 Å². The summed E-state index contributed by atoms with van der Waals surface area (Å²) in [5.41, 5.74) is 0.534. The lowest BCUT2D eigenvalue weighted by molar-refractivity contribution is 0.0965. The standard InChI is InChI=1S/C17H27N3O3/c1-5-13-23-17(18-11-6-12-20(2)3)19-16(21)14-7-9-15(22-4)10-8-14/h7-10H,5-6,11-13H2,1-4H3,(H,18,19,21). The Hall–Kier alpha value is -2.08. The highest BCUT2D eigenvalue weighted by Gasteiger charge is 2.10. The highest BCUT2D eigenvalue weighted by molar-refractivity contribution is 6.04. The quantitative estimate of drug-likeness (QED) is 0.453. The van der Waals surface area contributed by atoms with Gasteiger partial charge in [0, 0.05) is 12.1 Å². The Morgan fingerprint density at radius 1 is 1.26 bits per heavy atom. The molecule has 0 spiro atoms. The summed E-state index contributed by atoms with van der Waals surface area (Å²) >= 11 is 0. The lowest BCUT2D eigenvalue weighted by Crippen LogP contribution is -2.33. The van der Waals surface area contributed by atoms with Crippen molar-refractivity contribution in [3.05, 3.63) is 29.8 Å². The van der Waals surface area contributed by atoms with Gasteiger partial charge < -0.3 is 14.4 Å². The molecule has 1 rings (SSSR count). The zero-order valence-electron chi connectivity index (χ0n) is 14.5. The van der Waals surface area contributed by atoms with Crippen molar-refractivity contribution in [1.82, 2.24) is 10.2 Å². The number of carbonyl (C=O) groups excluding carboxylic acids is 1. The molecule has 1 amide bonds. The number of carbonyl (C=O) groups is 1. The summed E-state index contributed by atoms with van der Waals surface area (Å²) in [6.07, 6.45) is 1.76. The normalized spacial score (nSPS) is 11.4. The van der Waals surface area contributed by atoms with Crippen molar-refractivity contribution in [3.8, 4) is 5.75 Å². The first-order valence-electron chi connectivity index (χ1n) is 7.84. The van der Waals surface area contributed by atoms with E-state index in [0.29, 0.717) is 24.5 Å². The topological polar surface area (TPSA) is 63.2 Å². The van der Waals surface area contributed by atoms with Crippen molar-refractivity contribution in [2.45, 2.75) is 19.8 Å². The molecule has 0 unspecified atom stereocenters. The molecule has 0 aliphatic rings. The molecule has 0 aliphatic carbocycles. The van der Waals surface area contributed by atoms with Gasteiger partial charge in [0.1, 0.15) is 5.75 Å². The van der Waals surface area contributed by atoms with Crippen LogP contribution in [0.3, 0.4) is 0 Å². The maximum atomic E-state index is 12.2. The van der Waals surface area contributed by atoms with E-state index in [2.05, 4.69) is 15.2 Å². The van der Waals surface area contributed by atoms with Gasteiger partial charge in [-0.2, -0.15) is 0 Å². The molecule has 1 aromatic rings. The summed E-state index contributed by atoms with van der Waals surface area (Å²) < 4.78 is 10.6. The van der Waals surface area contributed by atoms with E-state index in [1.54, 1.807) is 31.4 Å². The second-order valence-corrected chi connectivity index (χ2v) is 5.37. The Morgan fingerprint density at radius 3 is 2.52 bits per heavy atom. The molecular formula is C17H27N3O3. The molecule has 6 nitrogen and oxygen atoms in total. The smallest absolute Gasteiger partial charge is 0.291 e. The lowest BCUT2D eigenvalue weighted by atomic mass is 10.2. The molecule has 0 atom stereocenters. The summed E-state index contributed by atoms with van der Waals surface area (Å²) in [7, 11) is 5.62. The van der Waals surface area contributed by atoms with E-state index in [-0.39, 0.29) is 11.9 Å². The molecule has 0 radical (unpaired) electrons. The number of hydrogen-bond donors (Lipinski definition) is 1. The van der Waals surface area contributed by atoms with Gasteiger partial charge in [-0.25, -0.2) is 4.99 Å². The third-order valence-electron chi connectivity index (χ3n) is 3.03. The minimum atomic E-state index is -0.241. The number of nitrogens with zero attached hydrogens (tertiary/aromatic N) is 2. The largest absolute Gasteiger partial charge is 0.497 e. The van der Waals surface area contributed by atoms with Crippen molar-refractivity contribution >= 4 is 11.9 Å². The molecule has 0 saturated heterocycles. The number of aliphatic imine (C=N–C) groups is 1. The van der Waals surface area contributed by atoms with Gasteiger partial charge in [-0.05, 0) is 57.7 Å². The first-order valence-corrected chi connectivity index (χ1v) is 7.84. The second-order valence-electron chi connectivity index (χ2n) is 5.37. The van der Waals surface area contributed by atoms with Crippen LogP contribution in [-0.4, -0.2) is 57.7 Å². The number of methoxy groups -OCH3 is 1. The van der Waals surface area contributed by atoms with Gasteiger partial charge in [-0.1, -0.05) is 6.92 Å². The molecule has 128 valence electrons.